The summed E-state index contributed by atoms with van der Waals surface area (Å²) in [6.45, 7) is 2.64. The number of likely N-dealkylation sites (tertiary alicyclic amines) is 1. The van der Waals surface area contributed by atoms with Crippen molar-refractivity contribution in [3.63, 3.8) is 0 Å². The minimum absolute atomic E-state index is 0. The number of ether oxygens (including phenoxy) is 1. The van der Waals surface area contributed by atoms with Gasteiger partial charge in [0, 0.05) is 13.1 Å². The second kappa shape index (κ2) is 7.36. The molecule has 1 fully saturated rings. The van der Waals surface area contributed by atoms with Gasteiger partial charge in [0.05, 0.1) is 12.7 Å². The van der Waals surface area contributed by atoms with E-state index < -0.39 is 0 Å². The zero-order valence-electron chi connectivity index (χ0n) is 11.4. The van der Waals surface area contributed by atoms with Crippen LogP contribution in [-0.4, -0.2) is 44.6 Å². The molecule has 0 radical (unpaired) electrons. The normalized spacial score (nSPS) is 18.0. The van der Waals surface area contributed by atoms with Crippen molar-refractivity contribution < 1.29 is 9.53 Å². The molecular formula is C14H21ClN2O2. The van der Waals surface area contributed by atoms with Crippen molar-refractivity contribution >= 4 is 18.3 Å². The van der Waals surface area contributed by atoms with E-state index in [1.54, 1.807) is 7.11 Å². The molecule has 19 heavy (non-hydrogen) atoms. The molecule has 1 unspecified atom stereocenters. The van der Waals surface area contributed by atoms with E-state index in [1.807, 2.05) is 36.2 Å². The van der Waals surface area contributed by atoms with Crippen LogP contribution in [0.5, 0.6) is 5.75 Å². The SMILES string of the molecule is CNCC1CCN(C(=O)c2ccccc2OC)C1.Cl. The van der Waals surface area contributed by atoms with Crippen molar-refractivity contribution in [2.24, 2.45) is 5.92 Å². The van der Waals surface area contributed by atoms with Crippen LogP contribution in [0.2, 0.25) is 0 Å². The van der Waals surface area contributed by atoms with Gasteiger partial charge in [0.1, 0.15) is 5.75 Å². The molecule has 2 rings (SSSR count). The highest BCUT2D eigenvalue weighted by molar-refractivity contribution is 5.97. The van der Waals surface area contributed by atoms with Crippen molar-refractivity contribution in [3.8, 4) is 5.75 Å². The number of para-hydroxylation sites is 1. The Kier molecular flexibility index (Phi) is 6.12. The number of hydrogen-bond acceptors (Lipinski definition) is 3. The Balaban J connectivity index is 0.00000180. The summed E-state index contributed by atoms with van der Waals surface area (Å²) in [5.41, 5.74) is 0.658. The Bertz CT molecular complexity index is 426. The monoisotopic (exact) mass is 284 g/mol. The third-order valence-electron chi connectivity index (χ3n) is 3.40. The van der Waals surface area contributed by atoms with Crippen LogP contribution in [0.15, 0.2) is 24.3 Å². The van der Waals surface area contributed by atoms with E-state index in [4.69, 9.17) is 4.74 Å². The zero-order valence-corrected chi connectivity index (χ0v) is 12.2. The fourth-order valence-corrected chi connectivity index (χ4v) is 2.46. The van der Waals surface area contributed by atoms with E-state index >= 15 is 0 Å². The zero-order chi connectivity index (χ0) is 13.0. The number of methoxy groups -OCH3 is 1. The number of benzene rings is 1. The molecule has 1 saturated heterocycles. The first-order valence-electron chi connectivity index (χ1n) is 6.33. The summed E-state index contributed by atoms with van der Waals surface area (Å²) in [7, 11) is 3.55. The molecule has 0 bridgehead atoms. The van der Waals surface area contributed by atoms with Crippen LogP contribution in [0.1, 0.15) is 16.8 Å². The van der Waals surface area contributed by atoms with Crippen LogP contribution in [0.4, 0.5) is 0 Å². The molecule has 1 amide bonds. The second-order valence-electron chi connectivity index (χ2n) is 4.66. The van der Waals surface area contributed by atoms with Gasteiger partial charge in [-0.25, -0.2) is 0 Å². The summed E-state index contributed by atoms with van der Waals surface area (Å²) in [4.78, 5) is 14.3. The van der Waals surface area contributed by atoms with E-state index in [9.17, 15) is 4.79 Å². The van der Waals surface area contributed by atoms with Gasteiger partial charge in [-0.05, 0) is 38.1 Å². The van der Waals surface area contributed by atoms with E-state index in [-0.39, 0.29) is 18.3 Å². The van der Waals surface area contributed by atoms with Gasteiger partial charge in [0.15, 0.2) is 0 Å². The van der Waals surface area contributed by atoms with Crippen molar-refractivity contribution in [2.45, 2.75) is 6.42 Å². The molecule has 1 aliphatic heterocycles. The van der Waals surface area contributed by atoms with Crippen LogP contribution >= 0.6 is 12.4 Å². The molecule has 0 aliphatic carbocycles. The number of rotatable bonds is 4. The second-order valence-corrected chi connectivity index (χ2v) is 4.66. The van der Waals surface area contributed by atoms with E-state index in [2.05, 4.69) is 5.32 Å². The fraction of sp³-hybridized carbons (Fsp3) is 0.500. The molecule has 0 saturated carbocycles. The number of carbonyl (C=O) groups is 1. The summed E-state index contributed by atoms with van der Waals surface area (Å²) < 4.78 is 5.24. The lowest BCUT2D eigenvalue weighted by Crippen LogP contribution is -2.30. The van der Waals surface area contributed by atoms with Gasteiger partial charge in [0.2, 0.25) is 0 Å². The van der Waals surface area contributed by atoms with Gasteiger partial charge < -0.3 is 15.0 Å². The van der Waals surface area contributed by atoms with Gasteiger partial charge >= 0.3 is 0 Å². The van der Waals surface area contributed by atoms with Crippen LogP contribution in [0, 0.1) is 5.92 Å². The Morgan fingerprint density at radius 1 is 1.47 bits per heavy atom. The minimum atomic E-state index is 0. The van der Waals surface area contributed by atoms with Gasteiger partial charge in [-0.2, -0.15) is 0 Å². The number of hydrogen-bond donors (Lipinski definition) is 1. The highest BCUT2D eigenvalue weighted by Crippen LogP contribution is 2.23. The third-order valence-corrected chi connectivity index (χ3v) is 3.40. The summed E-state index contributed by atoms with van der Waals surface area (Å²) in [6, 6.07) is 7.40. The van der Waals surface area contributed by atoms with Crippen molar-refractivity contribution in [3.05, 3.63) is 29.8 Å². The third kappa shape index (κ3) is 3.61. The topological polar surface area (TPSA) is 41.6 Å². The van der Waals surface area contributed by atoms with Crippen molar-refractivity contribution in [2.75, 3.05) is 33.8 Å². The molecule has 1 atom stereocenters. The highest BCUT2D eigenvalue weighted by atomic mass is 35.5. The molecule has 1 N–H and O–H groups in total. The standard InChI is InChI=1S/C14H20N2O2.ClH/c1-15-9-11-7-8-16(10-11)14(17)12-5-3-4-6-13(12)18-2;/h3-6,11,15H,7-10H2,1-2H3;1H. The van der Waals surface area contributed by atoms with Crippen LogP contribution in [0.3, 0.4) is 0 Å². The van der Waals surface area contributed by atoms with Crippen LogP contribution < -0.4 is 10.1 Å². The summed E-state index contributed by atoms with van der Waals surface area (Å²) in [5, 5.41) is 3.17. The average Bonchev–Trinajstić information content (AvgIpc) is 2.87. The van der Waals surface area contributed by atoms with Crippen molar-refractivity contribution in [1.82, 2.24) is 10.2 Å². The first kappa shape index (κ1) is 15.8. The first-order chi connectivity index (χ1) is 8.76. The molecule has 1 aromatic carbocycles. The maximum absolute atomic E-state index is 12.4. The number of halogens is 1. The molecule has 1 heterocycles. The molecule has 0 spiro atoms. The summed E-state index contributed by atoms with van der Waals surface area (Å²) in [6.07, 6.45) is 1.07. The lowest BCUT2D eigenvalue weighted by atomic mass is 10.1. The number of carbonyl (C=O) groups excluding carboxylic acids is 1. The molecule has 5 heteroatoms. The van der Waals surface area contributed by atoms with E-state index in [1.165, 1.54) is 0 Å². The van der Waals surface area contributed by atoms with Crippen LogP contribution in [0.25, 0.3) is 0 Å². The quantitative estimate of drug-likeness (QED) is 0.917. The first-order valence-corrected chi connectivity index (χ1v) is 6.33. The Hall–Kier alpha value is -1.26. The van der Waals surface area contributed by atoms with Crippen molar-refractivity contribution in [1.29, 1.82) is 0 Å². The van der Waals surface area contributed by atoms with Gasteiger partial charge in [-0.15, -0.1) is 12.4 Å². The Morgan fingerprint density at radius 2 is 2.21 bits per heavy atom. The molecule has 106 valence electrons. The summed E-state index contributed by atoms with van der Waals surface area (Å²) >= 11 is 0. The molecule has 4 nitrogen and oxygen atoms in total. The molecule has 1 aliphatic rings. The molecular weight excluding hydrogens is 264 g/mol. The fourth-order valence-electron chi connectivity index (χ4n) is 2.46. The molecule has 1 aromatic rings. The lowest BCUT2D eigenvalue weighted by molar-refractivity contribution is 0.0784. The van der Waals surface area contributed by atoms with Gasteiger partial charge in [-0.1, -0.05) is 12.1 Å². The largest absolute Gasteiger partial charge is 0.496 e. The maximum Gasteiger partial charge on any atom is 0.257 e. The predicted molar refractivity (Wildman–Crippen MR) is 78.2 cm³/mol. The Labute approximate surface area is 120 Å². The average molecular weight is 285 g/mol. The highest BCUT2D eigenvalue weighted by Gasteiger charge is 2.27. The van der Waals surface area contributed by atoms with Gasteiger partial charge in [0.25, 0.3) is 5.91 Å². The van der Waals surface area contributed by atoms with E-state index in [0.717, 1.165) is 26.1 Å². The van der Waals surface area contributed by atoms with Gasteiger partial charge in [-0.3, -0.25) is 4.79 Å². The summed E-state index contributed by atoms with van der Waals surface area (Å²) in [5.74, 6) is 1.29. The number of amides is 1. The maximum atomic E-state index is 12.4. The number of nitrogens with zero attached hydrogens (tertiary/aromatic N) is 1. The number of nitrogens with one attached hydrogen (secondary N) is 1. The Morgan fingerprint density at radius 3 is 2.89 bits per heavy atom. The predicted octanol–water partition coefficient (Wildman–Crippen LogP) is 1.80. The molecule has 0 aromatic heterocycles. The lowest BCUT2D eigenvalue weighted by Gasteiger charge is -2.18. The van der Waals surface area contributed by atoms with Crippen LogP contribution in [-0.2, 0) is 0 Å². The van der Waals surface area contributed by atoms with E-state index in [0.29, 0.717) is 17.2 Å². The smallest absolute Gasteiger partial charge is 0.257 e. The minimum Gasteiger partial charge on any atom is -0.496 e.